The Hall–Kier alpha value is -1.78. The van der Waals surface area contributed by atoms with Crippen LogP contribution in [-0.4, -0.2) is 17.0 Å². The maximum Gasteiger partial charge on any atom is 0.221 e. The second kappa shape index (κ2) is 3.56. The molecule has 5 N–H and O–H groups in total. The highest BCUT2D eigenvalue weighted by atomic mass is 15.1. The molecule has 0 radical (unpaired) electrons. The fraction of sp³-hybridized carbons (Fsp3) is 0.143. The molecule has 12 heavy (non-hydrogen) atoms. The highest BCUT2D eigenvalue weighted by Gasteiger charge is 1.99. The van der Waals surface area contributed by atoms with Crippen molar-refractivity contribution in [2.24, 2.45) is 5.73 Å². The summed E-state index contributed by atoms with van der Waals surface area (Å²) in [5.41, 5.74) is 11.4. The first kappa shape index (κ1) is 8.32. The third-order valence-electron chi connectivity index (χ3n) is 1.35. The summed E-state index contributed by atoms with van der Waals surface area (Å²) >= 11 is 0. The summed E-state index contributed by atoms with van der Waals surface area (Å²) in [6.45, 7) is 0. The Morgan fingerprint density at radius 2 is 2.33 bits per heavy atom. The number of hydrogen-bond donors (Lipinski definition) is 3. The van der Waals surface area contributed by atoms with Crippen LogP contribution < -0.4 is 16.8 Å². The van der Waals surface area contributed by atoms with Crippen molar-refractivity contribution in [1.82, 2.24) is 9.97 Å². The van der Waals surface area contributed by atoms with Crippen LogP contribution in [0.2, 0.25) is 0 Å². The van der Waals surface area contributed by atoms with Crippen LogP contribution in [0.15, 0.2) is 12.4 Å². The highest BCUT2D eigenvalue weighted by Crippen LogP contribution is 2.12. The van der Waals surface area contributed by atoms with E-state index in [9.17, 15) is 0 Å². The molecule has 1 aromatic heterocycles. The Morgan fingerprint density at radius 3 is 2.92 bits per heavy atom. The summed E-state index contributed by atoms with van der Waals surface area (Å²) in [5.74, 6) is 0.915. The van der Waals surface area contributed by atoms with Gasteiger partial charge >= 0.3 is 0 Å². The van der Waals surface area contributed by atoms with Gasteiger partial charge in [0.05, 0.1) is 0 Å². The minimum atomic E-state index is 0.244. The molecule has 0 aliphatic carbocycles. The van der Waals surface area contributed by atoms with Crippen molar-refractivity contribution in [1.29, 1.82) is 0 Å². The fourth-order valence-corrected chi connectivity index (χ4v) is 0.831. The quantitative estimate of drug-likeness (QED) is 0.575. The number of nitrogens with one attached hydrogen (secondary N) is 1. The molecule has 5 nitrogen and oxygen atoms in total. The minimum absolute atomic E-state index is 0.244. The molecule has 0 aliphatic heterocycles. The van der Waals surface area contributed by atoms with Crippen LogP contribution in [-0.2, 0) is 0 Å². The van der Waals surface area contributed by atoms with Gasteiger partial charge in [0, 0.05) is 18.8 Å². The second-order valence-corrected chi connectivity index (χ2v) is 2.14. The van der Waals surface area contributed by atoms with E-state index in [1.807, 2.05) is 0 Å². The van der Waals surface area contributed by atoms with Crippen LogP contribution in [0.3, 0.4) is 0 Å². The zero-order valence-electron chi connectivity index (χ0n) is 6.78. The Kier molecular flexibility index (Phi) is 2.47. The molecule has 0 saturated carbocycles. The smallest absolute Gasteiger partial charge is 0.221 e. The van der Waals surface area contributed by atoms with Crippen molar-refractivity contribution in [3.63, 3.8) is 0 Å². The molecule has 1 heterocycles. The van der Waals surface area contributed by atoms with E-state index in [1.54, 1.807) is 19.3 Å². The van der Waals surface area contributed by atoms with E-state index in [2.05, 4.69) is 15.3 Å². The molecule has 64 valence electrons. The van der Waals surface area contributed by atoms with E-state index in [0.29, 0.717) is 5.82 Å². The van der Waals surface area contributed by atoms with Crippen LogP contribution >= 0.6 is 0 Å². The molecule has 1 aromatic rings. The minimum Gasteiger partial charge on any atom is -0.405 e. The van der Waals surface area contributed by atoms with Gasteiger partial charge in [-0.15, -0.1) is 0 Å². The molecule has 0 aliphatic rings. The summed E-state index contributed by atoms with van der Waals surface area (Å²) in [6, 6.07) is 0. The standard InChI is InChI=1S/C7H11N5/c1-10-6-5(2-3-8)4-11-7(9)12-6/h2-4H,8H2,1H3,(H3,9,10,11,12). The van der Waals surface area contributed by atoms with Crippen LogP contribution in [0.4, 0.5) is 11.8 Å². The Bertz CT molecular complexity index is 294. The molecular weight excluding hydrogens is 154 g/mol. The summed E-state index contributed by atoms with van der Waals surface area (Å²) in [5, 5.41) is 2.88. The molecular formula is C7H11N5. The van der Waals surface area contributed by atoms with E-state index in [4.69, 9.17) is 11.5 Å². The first-order valence-corrected chi connectivity index (χ1v) is 3.46. The first-order valence-electron chi connectivity index (χ1n) is 3.46. The van der Waals surface area contributed by atoms with Crippen molar-refractivity contribution in [3.8, 4) is 0 Å². The summed E-state index contributed by atoms with van der Waals surface area (Å²) < 4.78 is 0. The van der Waals surface area contributed by atoms with Gasteiger partial charge in [-0.05, 0) is 12.3 Å². The van der Waals surface area contributed by atoms with Crippen molar-refractivity contribution in [2.75, 3.05) is 18.1 Å². The van der Waals surface area contributed by atoms with E-state index < -0.39 is 0 Å². The molecule has 0 fully saturated rings. The van der Waals surface area contributed by atoms with Crippen molar-refractivity contribution in [2.45, 2.75) is 0 Å². The molecule has 0 aromatic carbocycles. The summed E-state index contributed by atoms with van der Waals surface area (Å²) in [6.07, 6.45) is 4.73. The van der Waals surface area contributed by atoms with Gasteiger partial charge in [0.15, 0.2) is 0 Å². The van der Waals surface area contributed by atoms with E-state index in [1.165, 1.54) is 6.20 Å². The van der Waals surface area contributed by atoms with Crippen LogP contribution in [0.25, 0.3) is 6.08 Å². The van der Waals surface area contributed by atoms with Crippen LogP contribution in [0.5, 0.6) is 0 Å². The van der Waals surface area contributed by atoms with Gasteiger partial charge < -0.3 is 16.8 Å². The van der Waals surface area contributed by atoms with Crippen LogP contribution in [0, 0.1) is 0 Å². The van der Waals surface area contributed by atoms with E-state index in [-0.39, 0.29) is 5.95 Å². The number of nitrogens with zero attached hydrogens (tertiary/aromatic N) is 2. The zero-order chi connectivity index (χ0) is 8.97. The molecule has 0 bridgehead atoms. The Balaban J connectivity index is 3.10. The maximum atomic E-state index is 5.38. The SMILES string of the molecule is CNc1nc(N)ncc1C=CN. The maximum absolute atomic E-state index is 5.38. The molecule has 0 saturated heterocycles. The largest absolute Gasteiger partial charge is 0.405 e. The first-order chi connectivity index (χ1) is 5.77. The third-order valence-corrected chi connectivity index (χ3v) is 1.35. The van der Waals surface area contributed by atoms with Crippen molar-refractivity contribution >= 4 is 17.8 Å². The van der Waals surface area contributed by atoms with Gasteiger partial charge in [-0.2, -0.15) is 4.98 Å². The van der Waals surface area contributed by atoms with E-state index in [0.717, 1.165) is 5.56 Å². The monoisotopic (exact) mass is 165 g/mol. The van der Waals surface area contributed by atoms with Gasteiger partial charge in [0.2, 0.25) is 5.95 Å². The van der Waals surface area contributed by atoms with E-state index >= 15 is 0 Å². The average Bonchev–Trinajstić information content (AvgIpc) is 2.08. The van der Waals surface area contributed by atoms with Crippen LogP contribution in [0.1, 0.15) is 5.56 Å². The van der Waals surface area contributed by atoms with Gasteiger partial charge in [-0.3, -0.25) is 0 Å². The molecule has 0 unspecified atom stereocenters. The number of anilines is 2. The normalized spacial score (nSPS) is 10.4. The number of hydrogen-bond acceptors (Lipinski definition) is 5. The number of nitrogen functional groups attached to an aromatic ring is 1. The lowest BCUT2D eigenvalue weighted by molar-refractivity contribution is 1.17. The average molecular weight is 165 g/mol. The molecule has 0 atom stereocenters. The number of nitrogens with two attached hydrogens (primary N) is 2. The Labute approximate surface area is 70.5 Å². The predicted molar refractivity (Wildman–Crippen MR) is 49.2 cm³/mol. The highest BCUT2D eigenvalue weighted by molar-refractivity contribution is 5.62. The summed E-state index contributed by atoms with van der Waals surface area (Å²) in [4.78, 5) is 7.79. The van der Waals surface area contributed by atoms with Crippen molar-refractivity contribution < 1.29 is 0 Å². The predicted octanol–water partition coefficient (Wildman–Crippen LogP) is 0.0299. The molecule has 1 rings (SSSR count). The van der Waals surface area contributed by atoms with Gasteiger partial charge in [-0.1, -0.05) is 0 Å². The number of rotatable bonds is 2. The number of aromatic nitrogens is 2. The van der Waals surface area contributed by atoms with Gasteiger partial charge in [0.1, 0.15) is 5.82 Å². The van der Waals surface area contributed by atoms with Gasteiger partial charge in [-0.25, -0.2) is 4.98 Å². The molecule has 0 spiro atoms. The third kappa shape index (κ3) is 1.63. The zero-order valence-corrected chi connectivity index (χ0v) is 6.78. The molecule has 0 amide bonds. The van der Waals surface area contributed by atoms with Gasteiger partial charge in [0.25, 0.3) is 0 Å². The lowest BCUT2D eigenvalue weighted by Crippen LogP contribution is -2.01. The lowest BCUT2D eigenvalue weighted by atomic mass is 10.3. The summed E-state index contributed by atoms with van der Waals surface area (Å²) in [7, 11) is 1.76. The Morgan fingerprint density at radius 1 is 1.58 bits per heavy atom. The van der Waals surface area contributed by atoms with Crippen molar-refractivity contribution in [3.05, 3.63) is 18.0 Å². The second-order valence-electron chi connectivity index (χ2n) is 2.14. The molecule has 5 heteroatoms. The fourth-order valence-electron chi connectivity index (χ4n) is 0.831. The topological polar surface area (TPSA) is 89.8 Å². The lowest BCUT2D eigenvalue weighted by Gasteiger charge is -2.03.